The number of ether oxygens (including phenoxy) is 2. The molecule has 2 saturated heterocycles. The molecule has 1 aliphatic carbocycles. The number of aliphatic hydroxyl groups excluding tert-OH is 1. The maximum absolute atomic E-state index is 13.5. The molecule has 3 heterocycles. The van der Waals surface area contributed by atoms with Gasteiger partial charge in [-0.2, -0.15) is 13.2 Å². The molecule has 3 aliphatic rings. The van der Waals surface area contributed by atoms with Gasteiger partial charge in [-0.1, -0.05) is 12.1 Å². The van der Waals surface area contributed by atoms with E-state index in [4.69, 9.17) is 16.0 Å². The molecule has 1 aromatic carbocycles. The minimum absolute atomic E-state index is 0.0938. The second kappa shape index (κ2) is 6.67. The van der Waals surface area contributed by atoms with Crippen LogP contribution in [0.2, 0.25) is 0 Å². The minimum Gasteiger partial charge on any atom is -0.481 e. The van der Waals surface area contributed by atoms with E-state index in [2.05, 4.69) is 15.1 Å². The molecule has 2 aliphatic heterocycles. The molecule has 3 fully saturated rings. The zero-order chi connectivity index (χ0) is 22.9. The third-order valence-corrected chi connectivity index (χ3v) is 6.94. The van der Waals surface area contributed by atoms with Gasteiger partial charge in [0.05, 0.1) is 43.0 Å². The summed E-state index contributed by atoms with van der Waals surface area (Å²) in [5.41, 5.74) is -2.47. The summed E-state index contributed by atoms with van der Waals surface area (Å²) < 4.78 is 50.7. The number of hydrogen-bond acceptors (Lipinski definition) is 5. The number of halogens is 3. The molecule has 1 aromatic heterocycles. The molecule has 32 heavy (non-hydrogen) atoms. The van der Waals surface area contributed by atoms with Crippen LogP contribution in [-0.4, -0.2) is 41.4 Å². The first kappa shape index (κ1) is 20.7. The zero-order valence-electron chi connectivity index (χ0n) is 16.8. The molecule has 7 nitrogen and oxygen atoms in total. The fraction of sp³-hybridized carbons (Fsp3) is 0.409. The van der Waals surface area contributed by atoms with E-state index in [1.165, 1.54) is 13.3 Å². The number of nitrogens with zero attached hydrogens (tertiary/aromatic N) is 2. The van der Waals surface area contributed by atoms with E-state index in [-0.39, 0.29) is 17.8 Å². The third kappa shape index (κ3) is 2.61. The Bertz CT molecular complexity index is 1160. The summed E-state index contributed by atoms with van der Waals surface area (Å²) in [6.45, 7) is 7.26. The van der Waals surface area contributed by atoms with E-state index in [0.29, 0.717) is 17.9 Å². The highest BCUT2D eigenvalue weighted by atomic mass is 19.4. The van der Waals surface area contributed by atoms with E-state index >= 15 is 0 Å². The number of anilines is 1. The van der Waals surface area contributed by atoms with Gasteiger partial charge < -0.3 is 19.9 Å². The Balaban J connectivity index is 1.54. The number of rotatable bonds is 4. The fourth-order valence-electron chi connectivity index (χ4n) is 5.47. The summed E-state index contributed by atoms with van der Waals surface area (Å²) in [5.74, 6) is -0.194. The lowest BCUT2D eigenvalue weighted by molar-refractivity contribution is -0.137. The first-order valence-corrected chi connectivity index (χ1v) is 9.91. The summed E-state index contributed by atoms with van der Waals surface area (Å²) in [4.78, 5) is 20.9. The van der Waals surface area contributed by atoms with Crippen molar-refractivity contribution in [2.75, 3.05) is 12.4 Å². The molecular formula is C22H18F3N3O4. The molecule has 0 unspecified atom stereocenters. The normalized spacial score (nSPS) is 32.2. The summed E-state index contributed by atoms with van der Waals surface area (Å²) in [7, 11) is 1.46. The molecule has 0 radical (unpaired) electrons. The van der Waals surface area contributed by atoms with Crippen molar-refractivity contribution >= 4 is 17.3 Å². The molecule has 1 amide bonds. The molecule has 2 bridgehead atoms. The number of benzene rings is 1. The maximum Gasteiger partial charge on any atom is 0.416 e. The van der Waals surface area contributed by atoms with E-state index in [1.54, 1.807) is 12.1 Å². The quantitative estimate of drug-likeness (QED) is 0.705. The highest BCUT2D eigenvalue weighted by Crippen LogP contribution is 2.77. The number of aromatic nitrogens is 1. The molecule has 2 N–H and O–H groups in total. The van der Waals surface area contributed by atoms with Crippen molar-refractivity contribution in [3.05, 3.63) is 59.1 Å². The Morgan fingerprint density at radius 2 is 2.16 bits per heavy atom. The summed E-state index contributed by atoms with van der Waals surface area (Å²) in [6.07, 6.45) is -4.47. The van der Waals surface area contributed by atoms with Crippen LogP contribution in [-0.2, 0) is 21.1 Å². The van der Waals surface area contributed by atoms with Crippen molar-refractivity contribution in [1.29, 1.82) is 0 Å². The number of hydrogen-bond donors (Lipinski definition) is 2. The fourth-order valence-corrected chi connectivity index (χ4v) is 5.47. The Kier molecular flexibility index (Phi) is 4.32. The van der Waals surface area contributed by atoms with E-state index in [9.17, 15) is 23.1 Å². The molecule has 5 atom stereocenters. The van der Waals surface area contributed by atoms with Crippen LogP contribution in [0, 0.1) is 12.0 Å². The summed E-state index contributed by atoms with van der Waals surface area (Å²) in [6, 6.07) is 6.02. The number of alkyl halides is 3. The van der Waals surface area contributed by atoms with E-state index in [1.807, 2.05) is 0 Å². The number of amides is 1. The topological polar surface area (TPSA) is 85.0 Å². The first-order chi connectivity index (χ1) is 15.2. The molecule has 10 heteroatoms. The molecular weight excluding hydrogens is 427 g/mol. The van der Waals surface area contributed by atoms with Crippen molar-refractivity contribution in [2.24, 2.45) is 5.41 Å². The molecule has 166 valence electrons. The van der Waals surface area contributed by atoms with Gasteiger partial charge in [-0.15, -0.1) is 0 Å². The monoisotopic (exact) mass is 445 g/mol. The van der Waals surface area contributed by atoms with Gasteiger partial charge in [0.15, 0.2) is 0 Å². The highest BCUT2D eigenvalue weighted by molar-refractivity contribution is 6.03. The van der Waals surface area contributed by atoms with Crippen molar-refractivity contribution < 1.29 is 32.5 Å². The van der Waals surface area contributed by atoms with Gasteiger partial charge in [-0.05, 0) is 24.1 Å². The Morgan fingerprint density at radius 1 is 1.38 bits per heavy atom. The number of fused-ring (bicyclic) bond motifs is 5. The largest absolute Gasteiger partial charge is 0.481 e. The Hall–Kier alpha value is -3.16. The van der Waals surface area contributed by atoms with Crippen molar-refractivity contribution in [3.8, 4) is 5.88 Å². The van der Waals surface area contributed by atoms with Gasteiger partial charge in [0.25, 0.3) is 0 Å². The number of nitrogens with one attached hydrogen (secondary N) is 1. The van der Waals surface area contributed by atoms with Crippen molar-refractivity contribution in [3.63, 3.8) is 0 Å². The smallest absolute Gasteiger partial charge is 0.416 e. The van der Waals surface area contributed by atoms with Gasteiger partial charge in [-0.25, -0.2) is 9.83 Å². The standard InChI is InChI=1S/C22H18F3N3O4/c1-26-13-4-3-12(22(23,24)25)7-14(13)28-19(30)21-10-20(21,18-15(29)9-16(21)32-18)11-5-6-27-17(8-11)31-2/h3-8,15-16,18,29H,9-10H2,2H3,(H,28,30)/t15-,16+,18-,20+,21+/m1/s1. The predicted molar refractivity (Wildman–Crippen MR) is 105 cm³/mol. The van der Waals surface area contributed by atoms with Gasteiger partial charge in [0.2, 0.25) is 17.5 Å². The number of carbonyl (C=O) groups excluding carboxylic acids is 1. The number of carbonyl (C=O) groups is 1. The zero-order valence-corrected chi connectivity index (χ0v) is 16.8. The molecule has 5 rings (SSSR count). The SMILES string of the molecule is [C-]#[N+]c1ccc(C(F)(F)F)cc1NC(=O)[C@@]12C[C@]1(c1ccnc(OC)c1)[C@@H]1O[C@H]2C[C@H]1O. The van der Waals surface area contributed by atoms with Gasteiger partial charge in [0.1, 0.15) is 0 Å². The first-order valence-electron chi connectivity index (χ1n) is 9.91. The van der Waals surface area contributed by atoms with Crippen LogP contribution in [0.15, 0.2) is 36.5 Å². The predicted octanol–water partition coefficient (Wildman–Crippen LogP) is 3.46. The second-order valence-corrected chi connectivity index (χ2v) is 8.35. The van der Waals surface area contributed by atoms with Gasteiger partial charge in [-0.3, -0.25) is 4.79 Å². The lowest BCUT2D eigenvalue weighted by Gasteiger charge is -2.29. The molecule has 0 spiro atoms. The van der Waals surface area contributed by atoms with Crippen molar-refractivity contribution in [2.45, 2.75) is 42.7 Å². The number of aliphatic hydroxyl groups is 1. The van der Waals surface area contributed by atoms with Crippen LogP contribution in [0.4, 0.5) is 24.5 Å². The molecule has 2 aromatic rings. The van der Waals surface area contributed by atoms with Crippen LogP contribution in [0.5, 0.6) is 5.88 Å². The summed E-state index contributed by atoms with van der Waals surface area (Å²) >= 11 is 0. The average Bonchev–Trinajstić information content (AvgIpc) is 3.26. The van der Waals surface area contributed by atoms with Crippen LogP contribution >= 0.6 is 0 Å². The van der Waals surface area contributed by atoms with E-state index < -0.39 is 46.8 Å². The lowest BCUT2D eigenvalue weighted by Crippen LogP contribution is -2.44. The lowest BCUT2D eigenvalue weighted by atomic mass is 9.74. The molecule has 1 saturated carbocycles. The summed E-state index contributed by atoms with van der Waals surface area (Å²) in [5, 5.41) is 13.1. The maximum atomic E-state index is 13.5. The Morgan fingerprint density at radius 3 is 2.84 bits per heavy atom. The number of pyridine rings is 1. The number of methoxy groups -OCH3 is 1. The van der Waals surface area contributed by atoms with Crippen molar-refractivity contribution in [1.82, 2.24) is 4.98 Å². The minimum atomic E-state index is -4.62. The van der Waals surface area contributed by atoms with Crippen LogP contribution in [0.3, 0.4) is 0 Å². The average molecular weight is 445 g/mol. The highest BCUT2D eigenvalue weighted by Gasteiger charge is 2.87. The van der Waals surface area contributed by atoms with Gasteiger partial charge >= 0.3 is 6.18 Å². The van der Waals surface area contributed by atoms with Crippen LogP contribution < -0.4 is 10.1 Å². The van der Waals surface area contributed by atoms with Crippen LogP contribution in [0.25, 0.3) is 4.85 Å². The van der Waals surface area contributed by atoms with Gasteiger partial charge in [0, 0.05) is 29.8 Å². The van der Waals surface area contributed by atoms with E-state index in [0.717, 1.165) is 18.2 Å². The van der Waals surface area contributed by atoms with Crippen LogP contribution in [0.1, 0.15) is 24.0 Å². The third-order valence-electron chi connectivity index (χ3n) is 6.94. The Labute approximate surface area is 181 Å². The second-order valence-electron chi connectivity index (χ2n) is 8.35.